The second-order valence-electron chi connectivity index (χ2n) is 15.9. The van der Waals surface area contributed by atoms with E-state index >= 15 is 0 Å². The third kappa shape index (κ3) is 7.99. The summed E-state index contributed by atoms with van der Waals surface area (Å²) in [5.41, 5.74) is 6.04. The van der Waals surface area contributed by atoms with Gasteiger partial charge in [-0.2, -0.15) is 10.2 Å². The molecule has 0 unspecified atom stereocenters. The van der Waals surface area contributed by atoms with Gasteiger partial charge in [0.05, 0.1) is 70.6 Å². The first kappa shape index (κ1) is 44.4. The molecule has 0 bridgehead atoms. The van der Waals surface area contributed by atoms with Gasteiger partial charge in [-0.1, -0.05) is 0 Å². The molecule has 0 saturated carbocycles. The van der Waals surface area contributed by atoms with Crippen molar-refractivity contribution in [1.29, 1.82) is 0 Å². The highest BCUT2D eigenvalue weighted by molar-refractivity contribution is 9.10. The normalized spacial score (nSPS) is 16.6. The molecule has 66 heavy (non-hydrogen) atoms. The minimum Gasteiger partial charge on any atom is -0.399 e. The molecule has 3 aliphatic heterocycles. The van der Waals surface area contributed by atoms with Crippen molar-refractivity contribution in [3.05, 3.63) is 128 Å². The van der Waals surface area contributed by atoms with E-state index in [0.717, 1.165) is 22.4 Å². The van der Waals surface area contributed by atoms with Gasteiger partial charge in [0.25, 0.3) is 20.0 Å². The lowest BCUT2D eigenvalue weighted by atomic mass is 9.82. The molecule has 0 aromatic carbocycles. The van der Waals surface area contributed by atoms with E-state index in [1.165, 1.54) is 47.8 Å². The molecular formula is C42H38BBrN14O6S2. The molecule has 20 nitrogen and oxygen atoms in total. The fourth-order valence-corrected chi connectivity index (χ4v) is 9.86. The number of anilines is 2. The molecule has 0 amide bonds. The van der Waals surface area contributed by atoms with Gasteiger partial charge in [-0.25, -0.2) is 56.1 Å². The molecule has 334 valence electrons. The van der Waals surface area contributed by atoms with Crippen LogP contribution >= 0.6 is 15.9 Å². The van der Waals surface area contributed by atoms with Crippen molar-refractivity contribution in [2.45, 2.75) is 48.7 Å². The van der Waals surface area contributed by atoms with Crippen LogP contribution in [0.15, 0.2) is 138 Å². The molecule has 11 heterocycles. The van der Waals surface area contributed by atoms with Gasteiger partial charge in [-0.3, -0.25) is 18.6 Å². The van der Waals surface area contributed by atoms with Crippen LogP contribution < -0.4 is 14.1 Å². The van der Waals surface area contributed by atoms with Crippen molar-refractivity contribution in [1.82, 2.24) is 59.4 Å². The monoisotopic (exact) mass is 988 g/mol. The van der Waals surface area contributed by atoms with Gasteiger partial charge in [0.15, 0.2) is 0 Å². The molecule has 1 fully saturated rings. The quantitative estimate of drug-likeness (QED) is 0.168. The summed E-state index contributed by atoms with van der Waals surface area (Å²) >= 11 is 3.27. The van der Waals surface area contributed by atoms with Crippen LogP contribution in [0.1, 0.15) is 27.7 Å². The number of aromatic nitrogens is 12. The van der Waals surface area contributed by atoms with Gasteiger partial charge in [-0.15, -0.1) is 0 Å². The van der Waals surface area contributed by atoms with Crippen LogP contribution in [0.3, 0.4) is 0 Å². The van der Waals surface area contributed by atoms with E-state index in [1.807, 2.05) is 64.4 Å². The summed E-state index contributed by atoms with van der Waals surface area (Å²) in [6, 6.07) is 14.4. The van der Waals surface area contributed by atoms with Gasteiger partial charge in [0.2, 0.25) is 0 Å². The zero-order chi connectivity index (χ0) is 46.6. The Kier molecular flexibility index (Phi) is 11.3. The van der Waals surface area contributed by atoms with Crippen LogP contribution in [-0.2, 0) is 29.4 Å². The number of halogens is 1. The fourth-order valence-electron chi connectivity index (χ4n) is 6.97. The van der Waals surface area contributed by atoms with E-state index in [9.17, 15) is 16.8 Å². The molecule has 11 rings (SSSR count). The van der Waals surface area contributed by atoms with Crippen molar-refractivity contribution in [3.8, 4) is 45.4 Å². The Balaban J connectivity index is 0.000000129. The lowest BCUT2D eigenvalue weighted by Crippen LogP contribution is -2.41. The first-order valence-electron chi connectivity index (χ1n) is 20.0. The zero-order valence-corrected chi connectivity index (χ0v) is 39.2. The molecule has 3 aliphatic rings. The second kappa shape index (κ2) is 16.9. The molecule has 8 aromatic heterocycles. The zero-order valence-electron chi connectivity index (χ0n) is 36.0. The minimum atomic E-state index is -3.70. The number of nitrogens with zero attached hydrogens (tertiary/aromatic N) is 14. The summed E-state index contributed by atoms with van der Waals surface area (Å²) in [7, 11) is -4.70. The van der Waals surface area contributed by atoms with Crippen molar-refractivity contribution in [2.24, 2.45) is 0 Å². The number of sulfonamides is 2. The average molecular weight is 990 g/mol. The van der Waals surface area contributed by atoms with Crippen LogP contribution in [0, 0.1) is 0 Å². The number of pyridine rings is 4. The smallest absolute Gasteiger partial charge is 0.399 e. The molecule has 0 atom stereocenters. The average Bonchev–Trinajstić information content (AvgIpc) is 4.07. The Morgan fingerprint density at radius 2 is 1.11 bits per heavy atom. The molecule has 24 heteroatoms. The first-order chi connectivity index (χ1) is 31.5. The van der Waals surface area contributed by atoms with Gasteiger partial charge in [-0.05, 0) is 92.2 Å². The summed E-state index contributed by atoms with van der Waals surface area (Å²) in [6.45, 7) is 8.16. The predicted octanol–water partition coefficient (Wildman–Crippen LogP) is 4.93. The van der Waals surface area contributed by atoms with Gasteiger partial charge in [0, 0.05) is 56.1 Å². The molecule has 0 N–H and O–H groups in total. The predicted molar refractivity (Wildman–Crippen MR) is 247 cm³/mol. The second-order valence-corrected chi connectivity index (χ2v) is 20.6. The van der Waals surface area contributed by atoms with E-state index in [1.54, 1.807) is 70.8 Å². The molecule has 0 radical (unpaired) electrons. The van der Waals surface area contributed by atoms with E-state index in [2.05, 4.69) is 66.0 Å². The Hall–Kier alpha value is -6.86. The topological polar surface area (TPSA) is 232 Å². The van der Waals surface area contributed by atoms with Crippen LogP contribution in [0.5, 0.6) is 0 Å². The maximum Gasteiger partial charge on any atom is 0.498 e. The SMILES string of the molecule is CC1(C)OB(c2cnn(-c3cccnc3)c2)OC1(C)C.CN1c2ccc(-c3cnn(-c4cccnc4)c3)nc2-c2ncncc2S1(=O)=O.CN1c2ccc(Br)nc2-c2ncncc2S1(=O)=O. The molecule has 0 spiro atoms. The largest absolute Gasteiger partial charge is 0.498 e. The van der Waals surface area contributed by atoms with Crippen molar-refractivity contribution in [2.75, 3.05) is 22.7 Å². The van der Waals surface area contributed by atoms with E-state index < -0.39 is 20.0 Å². The van der Waals surface area contributed by atoms with Crippen LogP contribution in [0.4, 0.5) is 11.4 Å². The molecule has 0 aliphatic carbocycles. The van der Waals surface area contributed by atoms with Gasteiger partial charge >= 0.3 is 7.12 Å². The number of hydrogen-bond donors (Lipinski definition) is 0. The van der Waals surface area contributed by atoms with E-state index in [0.29, 0.717) is 44.4 Å². The Morgan fingerprint density at radius 3 is 1.65 bits per heavy atom. The molecular weight excluding hydrogens is 951 g/mol. The molecule has 8 aromatic rings. The highest BCUT2D eigenvalue weighted by Crippen LogP contribution is 2.42. The van der Waals surface area contributed by atoms with Crippen molar-refractivity contribution < 1.29 is 26.1 Å². The summed E-state index contributed by atoms with van der Waals surface area (Å²) < 4.78 is 68.4. The lowest BCUT2D eigenvalue weighted by Gasteiger charge is -2.32. The maximum absolute atomic E-state index is 12.7. The number of hydrogen-bond acceptors (Lipinski definition) is 16. The van der Waals surface area contributed by atoms with E-state index in [4.69, 9.17) is 9.31 Å². The summed E-state index contributed by atoms with van der Waals surface area (Å²) in [5.74, 6) is 0. The number of rotatable bonds is 4. The maximum atomic E-state index is 12.7. The Labute approximate surface area is 388 Å². The van der Waals surface area contributed by atoms with Crippen molar-refractivity contribution in [3.63, 3.8) is 0 Å². The highest BCUT2D eigenvalue weighted by Gasteiger charge is 2.52. The fraction of sp³-hybridized carbons (Fsp3) is 0.190. The lowest BCUT2D eigenvalue weighted by molar-refractivity contribution is 0.00578. The third-order valence-corrected chi connectivity index (χ3v) is 15.3. The summed E-state index contributed by atoms with van der Waals surface area (Å²) in [5, 5.41) is 8.71. The summed E-state index contributed by atoms with van der Waals surface area (Å²) in [6.07, 6.45) is 19.4. The summed E-state index contributed by atoms with van der Waals surface area (Å²) in [4.78, 5) is 33.1. The minimum absolute atomic E-state index is 0.0423. The van der Waals surface area contributed by atoms with Crippen LogP contribution in [0.25, 0.3) is 45.4 Å². The van der Waals surface area contributed by atoms with Gasteiger partial charge in [0.1, 0.15) is 49.8 Å². The first-order valence-corrected chi connectivity index (χ1v) is 23.7. The standard InChI is InChI=1S/C18H13N7O2S.C14H18BN3O2.C10H7BrN4O2S/c1-24-15-5-4-14(12-7-22-25(10-12)13-3-2-6-19-8-13)23-17(15)18-16(28(24,26)27)9-20-11-21-18;1-13(2)14(3,4)20-15(19-13)11-8-17-18(10-11)12-6-5-7-16-9-12;1-15-6-2-3-8(11)14-9(6)10-7(18(15,16)17)4-12-5-13-10/h2-11H,1H3;5-10H,1-4H3;2-5H,1H3. The van der Waals surface area contributed by atoms with Crippen molar-refractivity contribution >= 4 is 59.9 Å². The third-order valence-electron chi connectivity index (χ3n) is 11.3. The van der Waals surface area contributed by atoms with Crippen LogP contribution in [-0.4, -0.2) is 109 Å². The molecule has 1 saturated heterocycles. The Morgan fingerprint density at radius 1 is 0.591 bits per heavy atom. The highest BCUT2D eigenvalue weighted by atomic mass is 79.9. The Bertz CT molecular complexity index is 3330. The van der Waals surface area contributed by atoms with E-state index in [-0.39, 0.29) is 28.1 Å². The van der Waals surface area contributed by atoms with Crippen LogP contribution in [0.2, 0.25) is 0 Å². The van der Waals surface area contributed by atoms with Gasteiger partial charge < -0.3 is 9.31 Å². The number of fused-ring (bicyclic) bond motifs is 6.